The highest BCUT2D eigenvalue weighted by Gasteiger charge is 2.16. The van der Waals surface area contributed by atoms with Crippen molar-refractivity contribution in [2.24, 2.45) is 0 Å². The number of hydrogen-bond acceptors (Lipinski definition) is 5. The van der Waals surface area contributed by atoms with Crippen LogP contribution in [0.1, 0.15) is 16.1 Å². The molecule has 2 aromatic rings. The monoisotopic (exact) mass is 250 g/mol. The van der Waals surface area contributed by atoms with Crippen LogP contribution in [-0.2, 0) is 0 Å². The fourth-order valence-corrected chi connectivity index (χ4v) is 2.10. The fourth-order valence-electron chi connectivity index (χ4n) is 1.74. The van der Waals surface area contributed by atoms with Crippen molar-refractivity contribution in [3.63, 3.8) is 0 Å². The molecule has 0 fully saturated rings. The van der Waals surface area contributed by atoms with E-state index >= 15 is 0 Å². The third-order valence-corrected chi connectivity index (χ3v) is 2.76. The van der Waals surface area contributed by atoms with E-state index in [4.69, 9.17) is 21.4 Å². The molecule has 1 heterocycles. The molecule has 1 aromatic carbocycles. The van der Waals surface area contributed by atoms with Gasteiger partial charge in [-0.1, -0.05) is 12.2 Å². The molecule has 1 N–H and O–H groups in total. The molecule has 0 unspecified atom stereocenters. The molecule has 0 saturated carbocycles. The first kappa shape index (κ1) is 11.6. The van der Waals surface area contributed by atoms with Gasteiger partial charge in [0.1, 0.15) is 22.8 Å². The summed E-state index contributed by atoms with van der Waals surface area (Å²) in [6, 6.07) is 3.04. The number of phenolic OH excluding ortho intramolecular Hbond substituents is 1. The largest absolute Gasteiger partial charge is 0.507 e. The third kappa shape index (κ3) is 1.78. The standard InChI is InChI=1S/C12H10O4S/c1-6-3-10(17)11-9(16-6)4-8(14)7(5-13)12(11)15-2/h3-5,14H,1-2H3. The molecule has 2 rings (SSSR count). The minimum absolute atomic E-state index is 0.0742. The van der Waals surface area contributed by atoms with Crippen LogP contribution in [0.3, 0.4) is 0 Å². The summed E-state index contributed by atoms with van der Waals surface area (Å²) in [5, 5.41) is 10.2. The third-order valence-electron chi connectivity index (χ3n) is 2.44. The van der Waals surface area contributed by atoms with Gasteiger partial charge >= 0.3 is 0 Å². The van der Waals surface area contributed by atoms with Crippen molar-refractivity contribution in [3.8, 4) is 11.5 Å². The summed E-state index contributed by atoms with van der Waals surface area (Å²) in [4.78, 5) is 10.9. The van der Waals surface area contributed by atoms with Crippen molar-refractivity contribution in [2.75, 3.05) is 7.11 Å². The number of rotatable bonds is 2. The lowest BCUT2D eigenvalue weighted by Gasteiger charge is -2.09. The molecule has 0 saturated heterocycles. The van der Waals surface area contributed by atoms with Gasteiger partial charge in [0.05, 0.1) is 22.6 Å². The molecule has 0 radical (unpaired) electrons. The summed E-state index contributed by atoms with van der Waals surface area (Å²) < 4.78 is 11.1. The summed E-state index contributed by atoms with van der Waals surface area (Å²) in [5.41, 5.74) is 0.472. The average Bonchev–Trinajstić information content (AvgIpc) is 2.26. The van der Waals surface area contributed by atoms with Gasteiger partial charge in [-0.05, 0) is 13.0 Å². The van der Waals surface area contributed by atoms with Crippen LogP contribution in [0, 0.1) is 11.4 Å². The van der Waals surface area contributed by atoms with Gasteiger partial charge in [0.15, 0.2) is 6.29 Å². The van der Waals surface area contributed by atoms with Crippen molar-refractivity contribution < 1.29 is 19.1 Å². The zero-order valence-corrected chi connectivity index (χ0v) is 10.1. The van der Waals surface area contributed by atoms with Crippen molar-refractivity contribution in [1.29, 1.82) is 0 Å². The maximum atomic E-state index is 10.9. The number of benzene rings is 1. The van der Waals surface area contributed by atoms with E-state index in [9.17, 15) is 9.90 Å². The number of carbonyl (C=O) groups is 1. The fraction of sp³-hybridized carbons (Fsp3) is 0.167. The number of hydrogen-bond donors (Lipinski definition) is 1. The second-order valence-electron chi connectivity index (χ2n) is 3.55. The van der Waals surface area contributed by atoms with Crippen molar-refractivity contribution in [3.05, 3.63) is 28.0 Å². The predicted molar refractivity (Wildman–Crippen MR) is 65.4 cm³/mol. The Morgan fingerprint density at radius 3 is 2.76 bits per heavy atom. The van der Waals surface area contributed by atoms with Crippen molar-refractivity contribution in [2.45, 2.75) is 6.92 Å². The summed E-state index contributed by atoms with van der Waals surface area (Å²) >= 11 is 5.21. The van der Waals surface area contributed by atoms with Gasteiger partial charge in [-0.3, -0.25) is 4.79 Å². The summed E-state index contributed by atoms with van der Waals surface area (Å²) in [6.45, 7) is 1.76. The maximum absolute atomic E-state index is 10.9. The molecule has 0 aliphatic rings. The van der Waals surface area contributed by atoms with Crippen LogP contribution in [0.5, 0.6) is 11.5 Å². The number of aryl methyl sites for hydroxylation is 1. The number of methoxy groups -OCH3 is 1. The lowest BCUT2D eigenvalue weighted by atomic mass is 10.1. The number of aldehydes is 1. The topological polar surface area (TPSA) is 59.7 Å². The molecule has 88 valence electrons. The van der Waals surface area contributed by atoms with Gasteiger partial charge in [-0.15, -0.1) is 0 Å². The summed E-state index contributed by atoms with van der Waals surface area (Å²) in [5.74, 6) is 0.680. The number of carbonyl (C=O) groups excluding carboxylic acids is 1. The number of phenols is 1. The highest BCUT2D eigenvalue weighted by Crippen LogP contribution is 2.36. The van der Waals surface area contributed by atoms with Gasteiger partial charge < -0.3 is 14.3 Å². The van der Waals surface area contributed by atoms with E-state index in [1.165, 1.54) is 13.2 Å². The Bertz CT molecular complexity index is 658. The molecular weight excluding hydrogens is 240 g/mol. The Kier molecular flexibility index (Phi) is 2.85. The Hall–Kier alpha value is -1.88. The SMILES string of the molecule is COc1c(C=O)c(O)cc2oc(C)cc(=S)c12. The summed E-state index contributed by atoms with van der Waals surface area (Å²) in [7, 11) is 1.41. The highest BCUT2D eigenvalue weighted by molar-refractivity contribution is 7.71. The molecule has 0 atom stereocenters. The van der Waals surface area contributed by atoms with Crippen molar-refractivity contribution >= 4 is 29.5 Å². The van der Waals surface area contributed by atoms with Crippen LogP contribution in [0.15, 0.2) is 16.5 Å². The van der Waals surface area contributed by atoms with Gasteiger partial charge in [-0.2, -0.15) is 0 Å². The molecule has 5 heteroatoms. The minimum Gasteiger partial charge on any atom is -0.507 e. The first-order valence-electron chi connectivity index (χ1n) is 4.88. The predicted octanol–water partition coefficient (Wildman–Crippen LogP) is 3.00. The lowest BCUT2D eigenvalue weighted by molar-refractivity contribution is 0.111. The molecule has 0 bridgehead atoms. The van der Waals surface area contributed by atoms with Crippen LogP contribution >= 0.6 is 12.2 Å². The van der Waals surface area contributed by atoms with Crippen LogP contribution in [0.25, 0.3) is 11.0 Å². The first-order valence-corrected chi connectivity index (χ1v) is 5.29. The van der Waals surface area contributed by atoms with Crippen LogP contribution in [0.4, 0.5) is 0 Å². The molecule has 4 nitrogen and oxygen atoms in total. The Morgan fingerprint density at radius 2 is 2.18 bits per heavy atom. The summed E-state index contributed by atoms with van der Waals surface area (Å²) in [6.07, 6.45) is 0.530. The van der Waals surface area contributed by atoms with Crippen LogP contribution < -0.4 is 4.74 Å². The molecule has 0 aliphatic heterocycles. The second-order valence-corrected chi connectivity index (χ2v) is 3.99. The average molecular weight is 250 g/mol. The van der Waals surface area contributed by atoms with E-state index in [1.807, 2.05) is 0 Å². The lowest BCUT2D eigenvalue weighted by Crippen LogP contribution is -1.94. The van der Waals surface area contributed by atoms with Gasteiger partial charge in [0.2, 0.25) is 0 Å². The first-order chi connectivity index (χ1) is 8.08. The maximum Gasteiger partial charge on any atom is 0.157 e. The highest BCUT2D eigenvalue weighted by atomic mass is 32.1. The molecule has 0 spiro atoms. The van der Waals surface area contributed by atoms with E-state index in [-0.39, 0.29) is 17.1 Å². The van der Waals surface area contributed by atoms with Gasteiger partial charge in [0, 0.05) is 6.07 Å². The molecule has 0 aliphatic carbocycles. The van der Waals surface area contributed by atoms with E-state index in [1.54, 1.807) is 13.0 Å². The minimum atomic E-state index is -0.187. The van der Waals surface area contributed by atoms with E-state index in [0.29, 0.717) is 27.5 Å². The van der Waals surface area contributed by atoms with E-state index in [2.05, 4.69) is 0 Å². The number of aromatic hydroxyl groups is 1. The quantitative estimate of drug-likeness (QED) is 0.655. The second kappa shape index (κ2) is 4.18. The van der Waals surface area contributed by atoms with Crippen molar-refractivity contribution in [1.82, 2.24) is 0 Å². The molecular formula is C12H10O4S. The Balaban J connectivity index is 3.04. The molecule has 1 aromatic heterocycles. The zero-order chi connectivity index (χ0) is 12.6. The normalized spacial score (nSPS) is 10.5. The van der Waals surface area contributed by atoms with E-state index in [0.717, 1.165) is 0 Å². The van der Waals surface area contributed by atoms with Crippen LogP contribution in [0.2, 0.25) is 0 Å². The van der Waals surface area contributed by atoms with Crippen LogP contribution in [-0.4, -0.2) is 18.5 Å². The molecule has 0 amide bonds. The Labute approximate surface area is 102 Å². The zero-order valence-electron chi connectivity index (χ0n) is 9.31. The Morgan fingerprint density at radius 1 is 1.47 bits per heavy atom. The smallest absolute Gasteiger partial charge is 0.157 e. The van der Waals surface area contributed by atoms with Gasteiger partial charge in [0.25, 0.3) is 0 Å². The molecule has 17 heavy (non-hydrogen) atoms. The van der Waals surface area contributed by atoms with Gasteiger partial charge in [-0.25, -0.2) is 0 Å². The van der Waals surface area contributed by atoms with E-state index < -0.39 is 0 Å². The number of ether oxygens (including phenoxy) is 1. The number of fused-ring (bicyclic) bond motifs is 1.